The van der Waals surface area contributed by atoms with Gasteiger partial charge in [-0.05, 0) is 182 Å². The zero-order valence-electron chi connectivity index (χ0n) is 50.3. The maximum absolute atomic E-state index is 13.4. The number of aliphatic carboxylic acids is 1. The van der Waals surface area contributed by atoms with Gasteiger partial charge in [-0.15, -0.1) is 0 Å². The molecule has 3 N–H and O–H groups in total. The van der Waals surface area contributed by atoms with Gasteiger partial charge in [-0.25, -0.2) is 13.6 Å². The van der Waals surface area contributed by atoms with Gasteiger partial charge in [0, 0.05) is 102 Å². The van der Waals surface area contributed by atoms with Crippen molar-refractivity contribution in [2.75, 3.05) is 69.7 Å². The Morgan fingerprint density at radius 3 is 1.61 bits per heavy atom. The van der Waals surface area contributed by atoms with Crippen molar-refractivity contribution in [2.45, 2.75) is 162 Å². The smallest absolute Gasteiger partial charge is 0.410 e. The number of aryl methyl sites for hydroxylation is 2. The van der Waals surface area contributed by atoms with Crippen molar-refractivity contribution in [2.24, 2.45) is 11.8 Å². The summed E-state index contributed by atoms with van der Waals surface area (Å²) in [5.74, 6) is 0.189. The van der Waals surface area contributed by atoms with E-state index >= 15 is 0 Å². The van der Waals surface area contributed by atoms with E-state index in [2.05, 4.69) is 78.5 Å². The number of hydrogen-bond donors (Lipinski definition) is 3. The van der Waals surface area contributed by atoms with Gasteiger partial charge in [0.25, 0.3) is 6.43 Å². The summed E-state index contributed by atoms with van der Waals surface area (Å²) < 4.78 is 42.5. The molecule has 4 aliphatic rings. The summed E-state index contributed by atoms with van der Waals surface area (Å²) in [6.45, 7) is 20.5. The molecule has 4 fully saturated rings. The minimum Gasteiger partial charge on any atom is -0.490 e. The summed E-state index contributed by atoms with van der Waals surface area (Å²) in [6, 6.07) is 27.6. The molecule has 2 saturated heterocycles. The zero-order valence-corrected chi connectivity index (χ0v) is 50.3. The third-order valence-electron chi connectivity index (χ3n) is 16.3. The van der Waals surface area contributed by atoms with Crippen molar-refractivity contribution >= 4 is 41.2 Å². The Bertz CT molecular complexity index is 2830. The number of anilines is 2. The molecule has 18 heteroatoms. The lowest BCUT2D eigenvalue weighted by Gasteiger charge is -2.40. The lowest BCUT2D eigenvalue weighted by atomic mass is 9.86. The maximum Gasteiger partial charge on any atom is 0.410 e. The van der Waals surface area contributed by atoms with E-state index in [4.69, 9.17) is 19.3 Å². The second-order valence-corrected chi connectivity index (χ2v) is 24.3. The number of ether oxygens (including phenoxy) is 3. The molecule has 8 rings (SSSR count). The second-order valence-electron chi connectivity index (χ2n) is 24.3. The van der Waals surface area contributed by atoms with Crippen LogP contribution in [0.1, 0.15) is 119 Å². The van der Waals surface area contributed by atoms with Crippen LogP contribution in [0.15, 0.2) is 84.9 Å². The van der Waals surface area contributed by atoms with Crippen molar-refractivity contribution < 1.29 is 52.1 Å². The van der Waals surface area contributed by atoms with Gasteiger partial charge >= 0.3 is 12.1 Å². The van der Waals surface area contributed by atoms with Crippen molar-refractivity contribution in [1.82, 2.24) is 25.3 Å². The molecule has 0 spiro atoms. The predicted octanol–water partition coefficient (Wildman–Crippen LogP) is 9.98. The topological polar surface area (TPSA) is 174 Å². The fourth-order valence-corrected chi connectivity index (χ4v) is 11.7. The number of halogens is 2. The highest BCUT2D eigenvalue weighted by molar-refractivity contribution is 5.95. The summed E-state index contributed by atoms with van der Waals surface area (Å²) in [6.07, 6.45) is 3.30. The Morgan fingerprint density at radius 1 is 0.675 bits per heavy atom. The summed E-state index contributed by atoms with van der Waals surface area (Å²) >= 11 is 0. The van der Waals surface area contributed by atoms with Crippen LogP contribution in [0.4, 0.5) is 25.0 Å². The molecule has 0 aromatic heterocycles. The number of piperazine rings is 2. The molecule has 2 atom stereocenters. The fourth-order valence-electron chi connectivity index (χ4n) is 11.7. The molecule has 2 aliphatic carbocycles. The van der Waals surface area contributed by atoms with E-state index in [9.17, 15) is 32.8 Å². The monoisotopic (exact) mass is 1150 g/mol. The first-order valence-electron chi connectivity index (χ1n) is 29.7. The van der Waals surface area contributed by atoms with Gasteiger partial charge in [0.2, 0.25) is 17.7 Å². The highest BCUT2D eigenvalue weighted by Crippen LogP contribution is 2.33. The molecular formula is C65H89F2N7O9. The second kappa shape index (κ2) is 29.8. The SMILES string of the molecule is Cc1cc(N(C)C(=O)C2CCC(Oc3cccc(CC(=O)NCC(F)F)c3)CC2)ccc1CN1CCN[C@@H](C)C1.Cc1cc(N(C)C(=O)C2CCC(Oc3cccc(CC(=O)O)c3)CC2)ccc1CN1CCN(C(=O)OC(C)(C)C)[C@@H](C)C1. The number of carboxylic acids is 1. The number of amides is 4. The highest BCUT2D eigenvalue weighted by atomic mass is 19.3. The molecule has 83 heavy (non-hydrogen) atoms. The van der Waals surface area contributed by atoms with E-state index in [0.717, 1.165) is 114 Å². The Morgan fingerprint density at radius 2 is 1.17 bits per heavy atom. The molecule has 4 amide bonds. The fraction of sp³-hybridized carbons (Fsp3) is 0.554. The van der Waals surface area contributed by atoms with E-state index in [1.54, 1.807) is 40.1 Å². The van der Waals surface area contributed by atoms with Crippen molar-refractivity contribution in [3.05, 3.63) is 118 Å². The summed E-state index contributed by atoms with van der Waals surface area (Å²) in [7, 11) is 3.71. The zero-order chi connectivity index (χ0) is 60.0. The first kappa shape index (κ1) is 63.9. The molecule has 4 aromatic rings. The third-order valence-corrected chi connectivity index (χ3v) is 16.3. The molecule has 0 bridgehead atoms. The van der Waals surface area contributed by atoms with Gasteiger partial charge in [-0.3, -0.25) is 29.0 Å². The van der Waals surface area contributed by atoms with Crippen molar-refractivity contribution in [1.29, 1.82) is 0 Å². The Hall–Kier alpha value is -6.63. The Balaban J connectivity index is 0.000000239. The number of nitrogens with one attached hydrogen (secondary N) is 2. The average Bonchev–Trinajstić information content (AvgIpc) is 3.49. The number of carboxylic acid groups (broad SMARTS) is 1. The van der Waals surface area contributed by atoms with Gasteiger partial charge in [0.05, 0.1) is 31.6 Å². The molecule has 452 valence electrons. The maximum atomic E-state index is 13.4. The Kier molecular flexibility index (Phi) is 22.9. The van der Waals surface area contributed by atoms with Crippen LogP contribution in [0.2, 0.25) is 0 Å². The summed E-state index contributed by atoms with van der Waals surface area (Å²) in [5.41, 5.74) is 7.59. The van der Waals surface area contributed by atoms with Crippen LogP contribution in [0.3, 0.4) is 0 Å². The highest BCUT2D eigenvalue weighted by Gasteiger charge is 2.34. The van der Waals surface area contributed by atoms with Crippen molar-refractivity contribution in [3.8, 4) is 11.5 Å². The van der Waals surface area contributed by atoms with E-state index in [0.29, 0.717) is 35.2 Å². The number of alkyl halides is 2. The number of hydrogen-bond acceptors (Lipinski definition) is 11. The first-order valence-corrected chi connectivity index (χ1v) is 29.7. The third kappa shape index (κ3) is 19.5. The first-order chi connectivity index (χ1) is 39.5. The standard InChI is InChI=1S/C34H47N3O6.C31H42F2N4O3/c1-23-18-28(13-10-27(23)22-36-16-17-37(24(2)21-36)33(41)43-34(3,4)5)35(6)32(40)26-11-14-29(15-12-26)42-30-9-7-8-25(19-30)20-31(38)39;1-21-15-26(10-7-25(21)20-37-14-13-34-22(2)19-37)36(3)31(39)24-8-11-27(12-9-24)40-28-6-4-5-23(16-28)17-30(38)35-18-29(32)33/h7-10,13,18-19,24,26,29H,11-12,14-17,20-22H2,1-6H3,(H,38,39);4-7,10,15-16,22,24,27,29,34H,8-9,11-14,17-20H2,1-3H3,(H,35,38)/t24-,26?,29?;22-,24?,27?/m00/s1. The van der Waals surface area contributed by atoms with Gasteiger partial charge in [-0.1, -0.05) is 36.4 Å². The number of benzene rings is 4. The molecule has 2 aliphatic heterocycles. The predicted molar refractivity (Wildman–Crippen MR) is 319 cm³/mol. The van der Waals surface area contributed by atoms with Crippen LogP contribution < -0.4 is 29.9 Å². The quantitative estimate of drug-likeness (QED) is 0.0862. The van der Waals surface area contributed by atoms with Crippen molar-refractivity contribution in [3.63, 3.8) is 0 Å². The van der Waals surface area contributed by atoms with Crippen LogP contribution in [0.5, 0.6) is 11.5 Å². The normalized spacial score (nSPS) is 21.5. The van der Waals surface area contributed by atoms with Crippen LogP contribution in [-0.2, 0) is 49.8 Å². The minimum absolute atomic E-state index is 0.00787. The van der Waals surface area contributed by atoms with Crippen LogP contribution in [0.25, 0.3) is 0 Å². The van der Waals surface area contributed by atoms with E-state index in [1.807, 2.05) is 64.0 Å². The average molecular weight is 1150 g/mol. The summed E-state index contributed by atoms with van der Waals surface area (Å²) in [4.78, 5) is 72.5. The lowest BCUT2D eigenvalue weighted by molar-refractivity contribution is -0.136. The number of nitrogens with zero attached hydrogens (tertiary/aromatic N) is 5. The molecule has 0 radical (unpaired) electrons. The van der Waals surface area contributed by atoms with Gasteiger partial charge in [-0.2, -0.15) is 0 Å². The summed E-state index contributed by atoms with van der Waals surface area (Å²) in [5, 5.41) is 14.8. The lowest BCUT2D eigenvalue weighted by Crippen LogP contribution is -2.54. The van der Waals surface area contributed by atoms with Crippen LogP contribution in [0, 0.1) is 25.7 Å². The van der Waals surface area contributed by atoms with Crippen LogP contribution in [-0.4, -0.2) is 146 Å². The van der Waals surface area contributed by atoms with E-state index < -0.39 is 30.4 Å². The molecule has 2 saturated carbocycles. The van der Waals surface area contributed by atoms with Gasteiger partial charge in [0.15, 0.2) is 0 Å². The number of rotatable bonds is 18. The molecule has 2 heterocycles. The molecule has 16 nitrogen and oxygen atoms in total. The van der Waals surface area contributed by atoms with E-state index in [1.165, 1.54) is 16.7 Å². The Labute approximate surface area is 490 Å². The molecule has 0 unspecified atom stereocenters. The largest absolute Gasteiger partial charge is 0.490 e. The van der Waals surface area contributed by atoms with Crippen LogP contribution >= 0.6 is 0 Å². The van der Waals surface area contributed by atoms with Gasteiger partial charge in [0.1, 0.15) is 17.1 Å². The minimum atomic E-state index is -2.57. The number of carbonyl (C=O) groups excluding carboxylic acids is 4. The molecule has 4 aromatic carbocycles. The van der Waals surface area contributed by atoms with Gasteiger partial charge < -0.3 is 44.7 Å². The van der Waals surface area contributed by atoms with E-state index in [-0.39, 0.29) is 60.8 Å². The number of carbonyl (C=O) groups is 5. The molecular weight excluding hydrogens is 1060 g/mol.